The van der Waals surface area contributed by atoms with Crippen LogP contribution < -0.4 is 5.32 Å². The van der Waals surface area contributed by atoms with Gasteiger partial charge in [-0.2, -0.15) is 0 Å². The second kappa shape index (κ2) is 6.31. The molecule has 2 rings (SSSR count). The Morgan fingerprint density at radius 2 is 2.00 bits per heavy atom. The zero-order valence-electron chi connectivity index (χ0n) is 10.4. The molecule has 4 nitrogen and oxygen atoms in total. The monoisotopic (exact) mass is 276 g/mol. The van der Waals surface area contributed by atoms with Crippen LogP contribution in [0.1, 0.15) is 15.9 Å². The van der Waals surface area contributed by atoms with Crippen LogP contribution in [0.5, 0.6) is 0 Å². The maximum atomic E-state index is 12.0. The third-order valence-corrected chi connectivity index (χ3v) is 2.72. The van der Waals surface area contributed by atoms with Crippen LogP contribution in [0.2, 0.25) is 5.02 Å². The Labute approximate surface area is 116 Å². The average Bonchev–Trinajstić information content (AvgIpc) is 2.42. The van der Waals surface area contributed by atoms with Gasteiger partial charge in [0.15, 0.2) is 0 Å². The van der Waals surface area contributed by atoms with Crippen LogP contribution >= 0.6 is 11.6 Å². The number of hydrogen-bond donors (Lipinski definition) is 1. The van der Waals surface area contributed by atoms with Gasteiger partial charge in [-0.3, -0.25) is 4.79 Å². The van der Waals surface area contributed by atoms with Gasteiger partial charge in [0.25, 0.3) is 5.91 Å². The predicted octanol–water partition coefficient (Wildman–Crippen LogP) is 3.13. The fourth-order valence-electron chi connectivity index (χ4n) is 1.56. The number of benzene rings is 1. The Morgan fingerprint density at radius 3 is 2.58 bits per heavy atom. The van der Waals surface area contributed by atoms with Crippen LogP contribution in [-0.4, -0.2) is 18.0 Å². The van der Waals surface area contributed by atoms with Crippen molar-refractivity contribution in [2.45, 2.75) is 6.61 Å². The maximum absolute atomic E-state index is 12.0. The van der Waals surface area contributed by atoms with Gasteiger partial charge >= 0.3 is 0 Å². The van der Waals surface area contributed by atoms with Crippen molar-refractivity contribution in [3.63, 3.8) is 0 Å². The summed E-state index contributed by atoms with van der Waals surface area (Å²) in [6.45, 7) is 0.528. The quantitative estimate of drug-likeness (QED) is 0.933. The summed E-state index contributed by atoms with van der Waals surface area (Å²) < 4.78 is 5.01. The van der Waals surface area contributed by atoms with Gasteiger partial charge in [-0.15, -0.1) is 0 Å². The SMILES string of the molecule is COCc1ccc(C(=O)Nc2ccc(Cl)cn2)cc1. The lowest BCUT2D eigenvalue weighted by Gasteiger charge is -2.05. The van der Waals surface area contributed by atoms with Crippen molar-refractivity contribution in [1.82, 2.24) is 4.98 Å². The van der Waals surface area contributed by atoms with Crippen molar-refractivity contribution in [2.24, 2.45) is 0 Å². The van der Waals surface area contributed by atoms with Crippen molar-refractivity contribution < 1.29 is 9.53 Å². The first-order chi connectivity index (χ1) is 9.19. The predicted molar refractivity (Wildman–Crippen MR) is 74.4 cm³/mol. The molecule has 19 heavy (non-hydrogen) atoms. The Bertz CT molecular complexity index is 553. The number of aromatic nitrogens is 1. The van der Waals surface area contributed by atoms with Crippen LogP contribution in [0.3, 0.4) is 0 Å². The Kier molecular flexibility index (Phi) is 4.49. The second-order valence-electron chi connectivity index (χ2n) is 3.95. The third-order valence-electron chi connectivity index (χ3n) is 2.50. The number of nitrogens with zero attached hydrogens (tertiary/aromatic N) is 1. The number of pyridine rings is 1. The normalized spacial score (nSPS) is 10.2. The summed E-state index contributed by atoms with van der Waals surface area (Å²) in [4.78, 5) is 16.0. The van der Waals surface area contributed by atoms with E-state index < -0.39 is 0 Å². The lowest BCUT2D eigenvalue weighted by Crippen LogP contribution is -2.12. The van der Waals surface area contributed by atoms with Crippen molar-refractivity contribution in [2.75, 3.05) is 12.4 Å². The Morgan fingerprint density at radius 1 is 1.26 bits per heavy atom. The zero-order valence-corrected chi connectivity index (χ0v) is 11.1. The first-order valence-electron chi connectivity index (χ1n) is 5.70. The molecule has 0 aliphatic heterocycles. The van der Waals surface area contributed by atoms with Gasteiger partial charge in [0, 0.05) is 18.9 Å². The number of rotatable bonds is 4. The lowest BCUT2D eigenvalue weighted by molar-refractivity contribution is 0.102. The molecule has 0 spiro atoms. The molecule has 0 saturated carbocycles. The first-order valence-corrected chi connectivity index (χ1v) is 6.07. The van der Waals surface area contributed by atoms with E-state index in [9.17, 15) is 4.79 Å². The summed E-state index contributed by atoms with van der Waals surface area (Å²) in [5, 5.41) is 3.23. The third kappa shape index (κ3) is 3.77. The number of anilines is 1. The molecule has 0 radical (unpaired) electrons. The van der Waals surface area contributed by atoms with E-state index in [4.69, 9.17) is 16.3 Å². The summed E-state index contributed by atoms with van der Waals surface area (Å²) in [6.07, 6.45) is 1.48. The topological polar surface area (TPSA) is 51.2 Å². The summed E-state index contributed by atoms with van der Waals surface area (Å²) >= 11 is 5.73. The Hall–Kier alpha value is -1.91. The van der Waals surface area contributed by atoms with Crippen molar-refractivity contribution in [1.29, 1.82) is 0 Å². The average molecular weight is 277 g/mol. The highest BCUT2D eigenvalue weighted by molar-refractivity contribution is 6.30. The molecule has 0 aliphatic rings. The fourth-order valence-corrected chi connectivity index (χ4v) is 1.67. The van der Waals surface area contributed by atoms with Crippen molar-refractivity contribution >= 4 is 23.3 Å². The molecule has 98 valence electrons. The lowest BCUT2D eigenvalue weighted by atomic mass is 10.1. The van der Waals surface area contributed by atoms with Crippen LogP contribution in [0.4, 0.5) is 5.82 Å². The highest BCUT2D eigenvalue weighted by Gasteiger charge is 2.06. The van der Waals surface area contributed by atoms with Gasteiger partial charge < -0.3 is 10.1 Å². The number of halogens is 1. The summed E-state index contributed by atoms with van der Waals surface area (Å²) in [7, 11) is 1.63. The molecule has 1 amide bonds. The zero-order chi connectivity index (χ0) is 13.7. The number of methoxy groups -OCH3 is 1. The number of hydrogen-bond acceptors (Lipinski definition) is 3. The molecule has 1 aromatic carbocycles. The van der Waals surface area contributed by atoms with E-state index in [1.165, 1.54) is 6.20 Å². The number of nitrogens with one attached hydrogen (secondary N) is 1. The molecule has 0 unspecified atom stereocenters. The molecule has 0 atom stereocenters. The van der Waals surface area contributed by atoms with Crippen LogP contribution in [0.25, 0.3) is 0 Å². The van der Waals surface area contributed by atoms with Gasteiger partial charge in [-0.25, -0.2) is 4.98 Å². The van der Waals surface area contributed by atoms with Crippen molar-refractivity contribution in [3.05, 3.63) is 58.7 Å². The van der Waals surface area contributed by atoms with E-state index in [1.807, 2.05) is 12.1 Å². The molecule has 0 fully saturated rings. The summed E-state index contributed by atoms with van der Waals surface area (Å²) in [6, 6.07) is 10.5. The highest BCUT2D eigenvalue weighted by atomic mass is 35.5. The van der Waals surface area contributed by atoms with E-state index in [1.54, 1.807) is 31.4 Å². The minimum Gasteiger partial charge on any atom is -0.380 e. The molecule has 2 aromatic rings. The van der Waals surface area contributed by atoms with Crippen molar-refractivity contribution in [3.8, 4) is 0 Å². The van der Waals surface area contributed by atoms with Crippen LogP contribution in [0.15, 0.2) is 42.6 Å². The fraction of sp³-hybridized carbons (Fsp3) is 0.143. The maximum Gasteiger partial charge on any atom is 0.256 e. The second-order valence-corrected chi connectivity index (χ2v) is 4.38. The molecule has 0 bridgehead atoms. The summed E-state index contributed by atoms with van der Waals surface area (Å²) in [5.41, 5.74) is 1.58. The molecule has 0 aliphatic carbocycles. The number of carbonyl (C=O) groups excluding carboxylic acids is 1. The van der Waals surface area contributed by atoms with E-state index in [0.717, 1.165) is 5.56 Å². The minimum absolute atomic E-state index is 0.209. The first kappa shape index (κ1) is 13.5. The molecular weight excluding hydrogens is 264 g/mol. The Balaban J connectivity index is 2.05. The minimum atomic E-state index is -0.209. The van der Waals surface area contributed by atoms with Gasteiger partial charge in [0.2, 0.25) is 0 Å². The van der Waals surface area contributed by atoms with E-state index in [2.05, 4.69) is 10.3 Å². The van der Waals surface area contributed by atoms with E-state index in [-0.39, 0.29) is 5.91 Å². The number of amides is 1. The standard InChI is InChI=1S/C14H13ClN2O2/c1-19-9-10-2-4-11(5-3-10)14(18)17-13-7-6-12(15)8-16-13/h2-8H,9H2,1H3,(H,16,17,18). The molecule has 5 heteroatoms. The van der Waals surface area contributed by atoms with Gasteiger partial charge in [-0.1, -0.05) is 23.7 Å². The number of carbonyl (C=O) groups is 1. The highest BCUT2D eigenvalue weighted by Crippen LogP contribution is 2.11. The molecule has 1 aromatic heterocycles. The van der Waals surface area contributed by atoms with Gasteiger partial charge in [0.1, 0.15) is 5.82 Å². The van der Waals surface area contributed by atoms with Gasteiger partial charge in [0.05, 0.1) is 11.6 Å². The van der Waals surface area contributed by atoms with Crippen LogP contribution in [0, 0.1) is 0 Å². The molecular formula is C14H13ClN2O2. The number of ether oxygens (including phenoxy) is 1. The smallest absolute Gasteiger partial charge is 0.256 e. The summed E-state index contributed by atoms with van der Waals surface area (Å²) in [5.74, 6) is 0.258. The van der Waals surface area contributed by atoms with Gasteiger partial charge in [-0.05, 0) is 29.8 Å². The molecule has 1 heterocycles. The molecule has 0 saturated heterocycles. The largest absolute Gasteiger partial charge is 0.380 e. The molecule has 1 N–H and O–H groups in total. The van der Waals surface area contributed by atoms with Crippen LogP contribution in [-0.2, 0) is 11.3 Å². The van der Waals surface area contributed by atoms with E-state index in [0.29, 0.717) is 23.0 Å². The van der Waals surface area contributed by atoms with E-state index >= 15 is 0 Å².